The van der Waals surface area contributed by atoms with Gasteiger partial charge in [0.2, 0.25) is 5.91 Å². The van der Waals surface area contributed by atoms with Gasteiger partial charge >= 0.3 is 0 Å². The van der Waals surface area contributed by atoms with Crippen LogP contribution in [0.5, 0.6) is 0 Å². The van der Waals surface area contributed by atoms with Crippen molar-refractivity contribution in [3.63, 3.8) is 0 Å². The fourth-order valence-electron chi connectivity index (χ4n) is 2.67. The van der Waals surface area contributed by atoms with Gasteiger partial charge in [-0.1, -0.05) is 36.4 Å². The lowest BCUT2D eigenvalue weighted by molar-refractivity contribution is -0.130. The second-order valence-electron chi connectivity index (χ2n) is 6.47. The van der Waals surface area contributed by atoms with Gasteiger partial charge in [0, 0.05) is 24.4 Å². The Morgan fingerprint density at radius 3 is 2.23 bits per heavy atom. The molecule has 1 heterocycles. The summed E-state index contributed by atoms with van der Waals surface area (Å²) < 4.78 is 5.26. The zero-order valence-corrected chi connectivity index (χ0v) is 16.4. The summed E-state index contributed by atoms with van der Waals surface area (Å²) in [5, 5.41) is 5.34. The molecule has 0 fully saturated rings. The molecule has 0 unspecified atom stereocenters. The van der Waals surface area contributed by atoms with Crippen LogP contribution in [0.15, 0.2) is 89.2 Å². The van der Waals surface area contributed by atoms with Crippen molar-refractivity contribution in [3.8, 4) is 0 Å². The van der Waals surface area contributed by atoms with Crippen LogP contribution in [0.3, 0.4) is 0 Å². The Balaban J connectivity index is 1.72. The van der Waals surface area contributed by atoms with Gasteiger partial charge < -0.3 is 20.0 Å². The second-order valence-corrected chi connectivity index (χ2v) is 6.47. The van der Waals surface area contributed by atoms with Gasteiger partial charge in [-0.25, -0.2) is 0 Å². The molecule has 0 aliphatic rings. The Kier molecular flexibility index (Phi) is 6.78. The Bertz CT molecular complexity index is 1030. The van der Waals surface area contributed by atoms with Crippen LogP contribution >= 0.6 is 0 Å². The largest absolute Gasteiger partial charge is 0.465 e. The summed E-state index contributed by atoms with van der Waals surface area (Å²) in [5.74, 6) is -0.930. The van der Waals surface area contributed by atoms with Crippen molar-refractivity contribution in [2.75, 3.05) is 18.9 Å². The van der Waals surface area contributed by atoms with E-state index in [0.717, 1.165) is 0 Å². The third-order valence-corrected chi connectivity index (χ3v) is 4.13. The number of amides is 3. The molecule has 7 nitrogen and oxygen atoms in total. The number of rotatable bonds is 7. The third kappa shape index (κ3) is 5.68. The van der Waals surface area contributed by atoms with Crippen LogP contribution in [-0.4, -0.2) is 36.2 Å². The molecule has 0 bridgehead atoms. The first-order valence-corrected chi connectivity index (χ1v) is 9.25. The Hall–Kier alpha value is -4.13. The lowest BCUT2D eigenvalue weighted by Gasteiger charge is -2.19. The SMILES string of the molecule is CN(CC(=O)Nc1ccccc1)C(=O)C(=Cc1ccco1)NC(=O)c1ccccc1. The number of benzene rings is 2. The third-order valence-electron chi connectivity index (χ3n) is 4.13. The van der Waals surface area contributed by atoms with Crippen molar-refractivity contribution in [2.24, 2.45) is 0 Å². The molecule has 2 N–H and O–H groups in total. The zero-order chi connectivity index (χ0) is 21.3. The monoisotopic (exact) mass is 403 g/mol. The average Bonchev–Trinajstić information content (AvgIpc) is 3.27. The van der Waals surface area contributed by atoms with E-state index in [1.54, 1.807) is 66.7 Å². The maximum absolute atomic E-state index is 12.9. The van der Waals surface area contributed by atoms with E-state index in [1.807, 2.05) is 6.07 Å². The van der Waals surface area contributed by atoms with Gasteiger partial charge in [0.25, 0.3) is 11.8 Å². The van der Waals surface area contributed by atoms with Crippen molar-refractivity contribution in [1.82, 2.24) is 10.2 Å². The van der Waals surface area contributed by atoms with Crippen LogP contribution in [0.2, 0.25) is 0 Å². The lowest BCUT2D eigenvalue weighted by atomic mass is 10.2. The molecule has 0 saturated carbocycles. The van der Waals surface area contributed by atoms with E-state index in [0.29, 0.717) is 17.0 Å². The summed E-state index contributed by atoms with van der Waals surface area (Å²) in [7, 11) is 1.48. The summed E-state index contributed by atoms with van der Waals surface area (Å²) in [5.41, 5.74) is 1.03. The van der Waals surface area contributed by atoms with Crippen LogP contribution in [0.25, 0.3) is 6.08 Å². The number of anilines is 1. The van der Waals surface area contributed by atoms with E-state index in [1.165, 1.54) is 24.3 Å². The minimum atomic E-state index is -0.529. The lowest BCUT2D eigenvalue weighted by Crippen LogP contribution is -2.40. The van der Waals surface area contributed by atoms with Crippen LogP contribution in [-0.2, 0) is 9.59 Å². The molecule has 7 heteroatoms. The maximum atomic E-state index is 12.9. The smallest absolute Gasteiger partial charge is 0.270 e. The van der Waals surface area contributed by atoms with Gasteiger partial charge in [-0.05, 0) is 36.4 Å². The number of nitrogens with one attached hydrogen (secondary N) is 2. The molecular weight excluding hydrogens is 382 g/mol. The van der Waals surface area contributed by atoms with Crippen molar-refractivity contribution >= 4 is 29.5 Å². The van der Waals surface area contributed by atoms with E-state index in [9.17, 15) is 14.4 Å². The van der Waals surface area contributed by atoms with Crippen LogP contribution in [0, 0.1) is 0 Å². The molecule has 0 aliphatic carbocycles. The molecule has 0 radical (unpaired) electrons. The minimum absolute atomic E-state index is 0.00573. The summed E-state index contributed by atoms with van der Waals surface area (Å²) in [6.45, 7) is -0.190. The van der Waals surface area contributed by atoms with Crippen molar-refractivity contribution in [3.05, 3.63) is 96.1 Å². The highest BCUT2D eigenvalue weighted by atomic mass is 16.3. The number of furan rings is 1. The van der Waals surface area contributed by atoms with Crippen molar-refractivity contribution < 1.29 is 18.8 Å². The van der Waals surface area contributed by atoms with E-state index < -0.39 is 11.8 Å². The topological polar surface area (TPSA) is 91.7 Å². The highest BCUT2D eigenvalue weighted by molar-refractivity contribution is 6.06. The predicted molar refractivity (Wildman–Crippen MR) is 113 cm³/mol. The second kappa shape index (κ2) is 9.88. The molecular formula is C23H21N3O4. The van der Waals surface area contributed by atoms with Crippen molar-refractivity contribution in [1.29, 1.82) is 0 Å². The van der Waals surface area contributed by atoms with Gasteiger partial charge in [-0.15, -0.1) is 0 Å². The molecule has 3 aromatic rings. The highest BCUT2D eigenvalue weighted by Crippen LogP contribution is 2.10. The maximum Gasteiger partial charge on any atom is 0.270 e. The first kappa shape index (κ1) is 20.6. The fraction of sp³-hybridized carbons (Fsp3) is 0.0870. The number of para-hydroxylation sites is 1. The van der Waals surface area contributed by atoms with E-state index >= 15 is 0 Å². The van der Waals surface area contributed by atoms with Gasteiger partial charge in [0.1, 0.15) is 11.5 Å². The molecule has 1 aromatic heterocycles. The Morgan fingerprint density at radius 2 is 1.60 bits per heavy atom. The van der Waals surface area contributed by atoms with Gasteiger partial charge in [0.15, 0.2) is 0 Å². The summed E-state index contributed by atoms with van der Waals surface area (Å²) in [4.78, 5) is 39.0. The first-order valence-electron chi connectivity index (χ1n) is 9.25. The number of carbonyl (C=O) groups excluding carboxylic acids is 3. The number of carbonyl (C=O) groups is 3. The van der Waals surface area contributed by atoms with E-state index in [2.05, 4.69) is 10.6 Å². The summed E-state index contributed by atoms with van der Waals surface area (Å²) >= 11 is 0. The molecule has 2 aromatic carbocycles. The molecule has 0 spiro atoms. The fourth-order valence-corrected chi connectivity index (χ4v) is 2.67. The van der Waals surface area contributed by atoms with Gasteiger partial charge in [-0.2, -0.15) is 0 Å². The molecule has 0 saturated heterocycles. The summed E-state index contributed by atoms with van der Waals surface area (Å²) in [6, 6.07) is 20.8. The Morgan fingerprint density at radius 1 is 0.933 bits per heavy atom. The molecule has 30 heavy (non-hydrogen) atoms. The number of nitrogens with zero attached hydrogens (tertiary/aromatic N) is 1. The summed E-state index contributed by atoms with van der Waals surface area (Å²) in [6.07, 6.45) is 2.89. The van der Waals surface area contributed by atoms with Crippen LogP contribution in [0.4, 0.5) is 5.69 Å². The number of hydrogen-bond acceptors (Lipinski definition) is 4. The zero-order valence-electron chi connectivity index (χ0n) is 16.4. The van der Waals surface area contributed by atoms with Gasteiger partial charge in [0.05, 0.1) is 12.8 Å². The molecule has 152 valence electrons. The van der Waals surface area contributed by atoms with Crippen LogP contribution < -0.4 is 10.6 Å². The Labute approximate surface area is 174 Å². The number of hydrogen-bond donors (Lipinski definition) is 2. The molecule has 0 atom stereocenters. The minimum Gasteiger partial charge on any atom is -0.465 e. The molecule has 3 amide bonds. The molecule has 0 aliphatic heterocycles. The van der Waals surface area contributed by atoms with E-state index in [4.69, 9.17) is 4.42 Å². The van der Waals surface area contributed by atoms with Crippen LogP contribution in [0.1, 0.15) is 16.1 Å². The average molecular weight is 403 g/mol. The standard InChI is InChI=1S/C23H21N3O4/c1-26(16-21(27)24-18-11-6-3-7-12-18)23(29)20(15-19-13-8-14-30-19)25-22(28)17-9-4-2-5-10-17/h2-15H,16H2,1H3,(H,24,27)(H,25,28). The quantitative estimate of drug-likeness (QED) is 0.593. The van der Waals surface area contributed by atoms with Gasteiger partial charge in [-0.3, -0.25) is 14.4 Å². The number of likely N-dealkylation sites (N-methyl/N-ethyl adjacent to an activating group) is 1. The highest BCUT2D eigenvalue weighted by Gasteiger charge is 2.20. The van der Waals surface area contributed by atoms with E-state index in [-0.39, 0.29) is 18.1 Å². The normalized spacial score (nSPS) is 10.9. The molecule has 3 rings (SSSR count). The predicted octanol–water partition coefficient (Wildman–Crippen LogP) is 3.15. The first-order chi connectivity index (χ1) is 14.5. The van der Waals surface area contributed by atoms with Crippen molar-refractivity contribution in [2.45, 2.75) is 0 Å².